The molecule has 6 heteroatoms. The van der Waals surface area contributed by atoms with Crippen LogP contribution in [0.25, 0.3) is 0 Å². The predicted octanol–water partition coefficient (Wildman–Crippen LogP) is 3.04. The second kappa shape index (κ2) is 10.1. The second-order valence-electron chi connectivity index (χ2n) is 7.63. The van der Waals surface area contributed by atoms with Crippen molar-refractivity contribution in [2.45, 2.75) is 25.7 Å². The fraction of sp³-hybridized carbons (Fsp3) is 0.391. The van der Waals surface area contributed by atoms with Crippen LogP contribution < -0.4 is 10.6 Å². The van der Waals surface area contributed by atoms with Gasteiger partial charge in [0.15, 0.2) is 0 Å². The third kappa shape index (κ3) is 6.32. The molecule has 0 atom stereocenters. The molecular weight excluding hydrogens is 366 g/mol. The van der Waals surface area contributed by atoms with Gasteiger partial charge < -0.3 is 15.7 Å². The first kappa shape index (κ1) is 20.9. The zero-order valence-corrected chi connectivity index (χ0v) is 16.9. The minimum Gasteiger partial charge on any atom is -0.508 e. The SMILES string of the molecule is CNC(=O)c1ccc(NC(=O)CN2CCC(CCc3ccc(O)cc3)CC2)cc1. The molecule has 6 nitrogen and oxygen atoms in total. The molecule has 2 amide bonds. The maximum atomic E-state index is 12.3. The second-order valence-corrected chi connectivity index (χ2v) is 7.63. The molecule has 0 saturated carbocycles. The molecule has 3 rings (SSSR count). The van der Waals surface area contributed by atoms with Gasteiger partial charge in [-0.25, -0.2) is 0 Å². The Morgan fingerprint density at radius 2 is 1.69 bits per heavy atom. The van der Waals surface area contributed by atoms with E-state index in [1.165, 1.54) is 5.56 Å². The molecule has 0 bridgehead atoms. The number of rotatable bonds is 7. The molecule has 1 fully saturated rings. The standard InChI is InChI=1S/C23H29N3O3/c1-24-23(29)19-6-8-20(9-7-19)25-22(28)16-26-14-12-18(13-15-26)3-2-17-4-10-21(27)11-5-17/h4-11,18,27H,2-3,12-16H2,1H3,(H,24,29)(H,25,28). The van der Waals surface area contributed by atoms with Gasteiger partial charge >= 0.3 is 0 Å². The molecule has 0 radical (unpaired) electrons. The number of carbonyl (C=O) groups is 2. The highest BCUT2D eigenvalue weighted by Crippen LogP contribution is 2.23. The third-order valence-corrected chi connectivity index (χ3v) is 5.51. The summed E-state index contributed by atoms with van der Waals surface area (Å²) in [5.41, 5.74) is 2.53. The molecule has 1 aliphatic heterocycles. The van der Waals surface area contributed by atoms with Crippen LogP contribution in [0.2, 0.25) is 0 Å². The van der Waals surface area contributed by atoms with E-state index in [2.05, 4.69) is 15.5 Å². The quantitative estimate of drug-likeness (QED) is 0.673. The van der Waals surface area contributed by atoms with Gasteiger partial charge in [-0.15, -0.1) is 0 Å². The summed E-state index contributed by atoms with van der Waals surface area (Å²) in [5, 5.41) is 14.8. The van der Waals surface area contributed by atoms with Crippen LogP contribution in [-0.2, 0) is 11.2 Å². The Labute approximate surface area is 171 Å². The zero-order valence-electron chi connectivity index (χ0n) is 16.9. The molecule has 29 heavy (non-hydrogen) atoms. The zero-order chi connectivity index (χ0) is 20.6. The number of phenols is 1. The van der Waals surface area contributed by atoms with E-state index in [1.54, 1.807) is 43.4 Å². The molecule has 1 heterocycles. The van der Waals surface area contributed by atoms with Gasteiger partial charge in [0.25, 0.3) is 5.91 Å². The summed E-state index contributed by atoms with van der Waals surface area (Å²) < 4.78 is 0. The largest absolute Gasteiger partial charge is 0.508 e. The number of anilines is 1. The van der Waals surface area contributed by atoms with Crippen molar-refractivity contribution in [1.29, 1.82) is 0 Å². The summed E-state index contributed by atoms with van der Waals surface area (Å²) in [5.74, 6) is 0.819. The van der Waals surface area contributed by atoms with Crippen molar-refractivity contribution < 1.29 is 14.7 Å². The third-order valence-electron chi connectivity index (χ3n) is 5.51. The van der Waals surface area contributed by atoms with Gasteiger partial charge in [-0.05, 0) is 86.7 Å². The molecule has 154 valence electrons. The summed E-state index contributed by atoms with van der Waals surface area (Å²) in [6.45, 7) is 2.26. The maximum Gasteiger partial charge on any atom is 0.251 e. The Bertz CT molecular complexity index is 810. The lowest BCUT2D eigenvalue weighted by molar-refractivity contribution is -0.117. The van der Waals surface area contributed by atoms with E-state index in [1.807, 2.05) is 12.1 Å². The number of nitrogens with one attached hydrogen (secondary N) is 2. The van der Waals surface area contributed by atoms with Crippen LogP contribution in [0.5, 0.6) is 5.75 Å². The van der Waals surface area contributed by atoms with Gasteiger partial charge in [0.1, 0.15) is 5.75 Å². The van der Waals surface area contributed by atoms with Crippen LogP contribution >= 0.6 is 0 Å². The van der Waals surface area contributed by atoms with Gasteiger partial charge in [-0.1, -0.05) is 12.1 Å². The van der Waals surface area contributed by atoms with Crippen LogP contribution in [0.15, 0.2) is 48.5 Å². The number of benzene rings is 2. The number of aromatic hydroxyl groups is 1. The fourth-order valence-electron chi connectivity index (χ4n) is 3.72. The molecular formula is C23H29N3O3. The van der Waals surface area contributed by atoms with Gasteiger partial charge in [-0.3, -0.25) is 14.5 Å². The number of hydrogen-bond donors (Lipinski definition) is 3. The first-order valence-electron chi connectivity index (χ1n) is 10.2. The number of piperidine rings is 1. The predicted molar refractivity (Wildman–Crippen MR) is 114 cm³/mol. The average molecular weight is 396 g/mol. The number of aryl methyl sites for hydroxylation is 1. The van der Waals surface area contributed by atoms with E-state index in [-0.39, 0.29) is 11.8 Å². The van der Waals surface area contributed by atoms with E-state index in [4.69, 9.17) is 0 Å². The molecule has 1 saturated heterocycles. The normalized spacial score (nSPS) is 15.1. The summed E-state index contributed by atoms with van der Waals surface area (Å²) in [7, 11) is 1.59. The number of hydrogen-bond acceptors (Lipinski definition) is 4. The van der Waals surface area contributed by atoms with E-state index < -0.39 is 0 Å². The molecule has 0 spiro atoms. The number of amides is 2. The highest BCUT2D eigenvalue weighted by Gasteiger charge is 2.20. The van der Waals surface area contributed by atoms with Gasteiger partial charge in [-0.2, -0.15) is 0 Å². The fourth-order valence-corrected chi connectivity index (χ4v) is 3.72. The molecule has 0 unspecified atom stereocenters. The topological polar surface area (TPSA) is 81.7 Å². The molecule has 0 aliphatic carbocycles. The summed E-state index contributed by atoms with van der Waals surface area (Å²) in [6, 6.07) is 14.3. The Kier molecular flexibility index (Phi) is 7.25. The van der Waals surface area contributed by atoms with Gasteiger partial charge in [0, 0.05) is 18.3 Å². The lowest BCUT2D eigenvalue weighted by Gasteiger charge is -2.31. The summed E-state index contributed by atoms with van der Waals surface area (Å²) in [6.07, 6.45) is 4.37. The lowest BCUT2D eigenvalue weighted by Crippen LogP contribution is -2.39. The van der Waals surface area contributed by atoms with Crippen LogP contribution in [0.3, 0.4) is 0 Å². The van der Waals surface area contributed by atoms with Crippen LogP contribution in [0.4, 0.5) is 5.69 Å². The number of nitrogens with zero attached hydrogens (tertiary/aromatic N) is 1. The average Bonchev–Trinajstić information content (AvgIpc) is 2.74. The Hall–Kier alpha value is -2.86. The molecule has 2 aromatic rings. The lowest BCUT2D eigenvalue weighted by atomic mass is 9.90. The maximum absolute atomic E-state index is 12.3. The van der Waals surface area contributed by atoms with Crippen LogP contribution in [0.1, 0.15) is 35.2 Å². The minimum absolute atomic E-state index is 0.0276. The highest BCUT2D eigenvalue weighted by atomic mass is 16.3. The Balaban J connectivity index is 1.38. The smallest absolute Gasteiger partial charge is 0.251 e. The van der Waals surface area contributed by atoms with E-state index in [9.17, 15) is 14.7 Å². The van der Waals surface area contributed by atoms with Crippen molar-refractivity contribution in [2.75, 3.05) is 32.0 Å². The molecule has 1 aliphatic rings. The van der Waals surface area contributed by atoms with Crippen LogP contribution in [0, 0.1) is 5.92 Å². The number of carbonyl (C=O) groups excluding carboxylic acids is 2. The van der Waals surface area contributed by atoms with Crippen molar-refractivity contribution in [3.8, 4) is 5.75 Å². The first-order valence-corrected chi connectivity index (χ1v) is 10.2. The minimum atomic E-state index is -0.142. The monoisotopic (exact) mass is 395 g/mol. The van der Waals surface area contributed by atoms with Gasteiger partial charge in [0.2, 0.25) is 5.91 Å². The highest BCUT2D eigenvalue weighted by molar-refractivity contribution is 5.96. The summed E-state index contributed by atoms with van der Waals surface area (Å²) >= 11 is 0. The van der Waals surface area contributed by atoms with E-state index in [0.717, 1.165) is 38.8 Å². The van der Waals surface area contributed by atoms with Crippen LogP contribution in [-0.4, -0.2) is 48.5 Å². The molecule has 3 N–H and O–H groups in total. The van der Waals surface area contributed by atoms with E-state index in [0.29, 0.717) is 29.5 Å². The molecule has 2 aromatic carbocycles. The van der Waals surface area contributed by atoms with Crippen molar-refractivity contribution in [1.82, 2.24) is 10.2 Å². The van der Waals surface area contributed by atoms with Crippen molar-refractivity contribution in [3.63, 3.8) is 0 Å². The van der Waals surface area contributed by atoms with Crippen molar-refractivity contribution >= 4 is 17.5 Å². The first-order chi connectivity index (χ1) is 14.0. The number of likely N-dealkylation sites (tertiary alicyclic amines) is 1. The van der Waals surface area contributed by atoms with Crippen molar-refractivity contribution in [3.05, 3.63) is 59.7 Å². The number of phenolic OH excluding ortho intramolecular Hbond substituents is 1. The molecule has 0 aromatic heterocycles. The Morgan fingerprint density at radius 3 is 2.31 bits per heavy atom. The van der Waals surface area contributed by atoms with E-state index >= 15 is 0 Å². The van der Waals surface area contributed by atoms with Crippen molar-refractivity contribution in [2.24, 2.45) is 5.92 Å². The Morgan fingerprint density at radius 1 is 1.03 bits per heavy atom. The summed E-state index contributed by atoms with van der Waals surface area (Å²) in [4.78, 5) is 26.1. The van der Waals surface area contributed by atoms with Gasteiger partial charge in [0.05, 0.1) is 6.54 Å².